The van der Waals surface area contributed by atoms with E-state index in [9.17, 15) is 9.59 Å². The second-order valence-corrected chi connectivity index (χ2v) is 6.82. The molecular weight excluding hydrogens is 334 g/mol. The first-order valence-corrected chi connectivity index (χ1v) is 8.00. The number of halogens is 1. The molecule has 3 N–H and O–H groups in total. The lowest BCUT2D eigenvalue weighted by atomic mass is 10.3. The minimum Gasteiger partial charge on any atom is -0.476 e. The number of hydrogen-bond donors (Lipinski definition) is 3. The lowest BCUT2D eigenvalue weighted by Gasteiger charge is -2.11. The standard InChI is InChI=1S/C12H12ClN3O3S2/c1-6(10-16-8(5-20-10)11(17)18)15-12(19)14-4-7-2-3-9(13)21-7/h2-3,5-6H,4H2,1H3,(H,17,18)(H2,14,15,19). The van der Waals surface area contributed by atoms with Crippen LogP contribution in [0.5, 0.6) is 0 Å². The summed E-state index contributed by atoms with van der Waals surface area (Å²) in [5.74, 6) is -1.08. The van der Waals surface area contributed by atoms with Crippen molar-refractivity contribution in [3.63, 3.8) is 0 Å². The number of carbonyl (C=O) groups is 2. The van der Waals surface area contributed by atoms with E-state index in [1.165, 1.54) is 28.1 Å². The summed E-state index contributed by atoms with van der Waals surface area (Å²) in [5.41, 5.74) is -0.0164. The van der Waals surface area contributed by atoms with E-state index in [0.29, 0.717) is 15.9 Å². The quantitative estimate of drug-likeness (QED) is 0.776. The maximum Gasteiger partial charge on any atom is 0.355 e. The molecule has 0 spiro atoms. The van der Waals surface area contributed by atoms with Gasteiger partial charge in [0.15, 0.2) is 5.69 Å². The van der Waals surface area contributed by atoms with E-state index in [2.05, 4.69) is 15.6 Å². The van der Waals surface area contributed by atoms with Gasteiger partial charge in [-0.05, 0) is 19.1 Å². The molecule has 6 nitrogen and oxygen atoms in total. The maximum absolute atomic E-state index is 11.8. The number of aromatic carboxylic acids is 1. The van der Waals surface area contributed by atoms with Gasteiger partial charge in [-0.2, -0.15) is 0 Å². The van der Waals surface area contributed by atoms with Crippen LogP contribution in [-0.2, 0) is 6.54 Å². The fourth-order valence-electron chi connectivity index (χ4n) is 1.51. The molecule has 0 radical (unpaired) electrons. The molecule has 1 unspecified atom stereocenters. The summed E-state index contributed by atoms with van der Waals surface area (Å²) in [4.78, 5) is 27.4. The normalized spacial score (nSPS) is 11.9. The number of hydrogen-bond acceptors (Lipinski definition) is 5. The third-order valence-corrected chi connectivity index (χ3v) is 4.77. The number of rotatable bonds is 5. The Morgan fingerprint density at radius 3 is 2.81 bits per heavy atom. The predicted octanol–water partition coefficient (Wildman–Crippen LogP) is 3.12. The van der Waals surface area contributed by atoms with Gasteiger partial charge >= 0.3 is 12.0 Å². The molecule has 0 fully saturated rings. The first-order chi connectivity index (χ1) is 9.95. The summed E-state index contributed by atoms with van der Waals surface area (Å²) in [5, 5.41) is 16.2. The summed E-state index contributed by atoms with van der Waals surface area (Å²) < 4.78 is 0.671. The number of carboxylic acids is 1. The highest BCUT2D eigenvalue weighted by Gasteiger charge is 2.15. The first-order valence-electron chi connectivity index (χ1n) is 5.93. The number of amides is 2. The van der Waals surface area contributed by atoms with Crippen molar-refractivity contribution < 1.29 is 14.7 Å². The Morgan fingerprint density at radius 1 is 1.48 bits per heavy atom. The zero-order valence-electron chi connectivity index (χ0n) is 10.9. The molecule has 0 aromatic carbocycles. The fourth-order valence-corrected chi connectivity index (χ4v) is 3.34. The van der Waals surface area contributed by atoms with Crippen molar-refractivity contribution in [3.05, 3.63) is 37.4 Å². The summed E-state index contributed by atoms with van der Waals surface area (Å²) in [7, 11) is 0. The van der Waals surface area contributed by atoms with Crippen LogP contribution >= 0.6 is 34.3 Å². The van der Waals surface area contributed by atoms with Crippen LogP contribution < -0.4 is 10.6 Å². The van der Waals surface area contributed by atoms with Crippen molar-refractivity contribution in [2.24, 2.45) is 0 Å². The Bertz CT molecular complexity index is 656. The molecule has 9 heteroatoms. The summed E-state index contributed by atoms with van der Waals surface area (Å²) in [6.45, 7) is 2.13. The lowest BCUT2D eigenvalue weighted by Crippen LogP contribution is -2.36. The Hall–Kier alpha value is -1.64. The van der Waals surface area contributed by atoms with Gasteiger partial charge in [-0.15, -0.1) is 22.7 Å². The van der Waals surface area contributed by atoms with Crippen molar-refractivity contribution in [1.29, 1.82) is 0 Å². The predicted molar refractivity (Wildman–Crippen MR) is 82.2 cm³/mol. The largest absolute Gasteiger partial charge is 0.476 e. The first kappa shape index (κ1) is 15.7. The Labute approximate surface area is 133 Å². The number of carbonyl (C=O) groups excluding carboxylic acids is 1. The van der Waals surface area contributed by atoms with Crippen LogP contribution in [0.25, 0.3) is 0 Å². The molecule has 1 atom stereocenters. The molecule has 0 saturated heterocycles. The molecule has 0 aliphatic carbocycles. The molecule has 0 aliphatic rings. The SMILES string of the molecule is CC(NC(=O)NCc1ccc(Cl)s1)c1nc(C(=O)O)cs1. The van der Waals surface area contributed by atoms with E-state index < -0.39 is 5.97 Å². The molecule has 112 valence electrons. The van der Waals surface area contributed by atoms with E-state index >= 15 is 0 Å². The average molecular weight is 346 g/mol. The second-order valence-electron chi connectivity index (χ2n) is 4.13. The summed E-state index contributed by atoms with van der Waals surface area (Å²) >= 11 is 8.40. The van der Waals surface area contributed by atoms with E-state index in [4.69, 9.17) is 16.7 Å². The Kier molecular flexibility index (Phi) is 5.16. The van der Waals surface area contributed by atoms with Crippen LogP contribution in [-0.4, -0.2) is 22.1 Å². The number of thiophene rings is 1. The molecule has 0 aliphatic heterocycles. The zero-order valence-corrected chi connectivity index (χ0v) is 13.3. The van der Waals surface area contributed by atoms with Crippen molar-refractivity contribution >= 4 is 46.3 Å². The van der Waals surface area contributed by atoms with E-state index in [-0.39, 0.29) is 17.8 Å². The molecule has 2 rings (SSSR count). The van der Waals surface area contributed by atoms with Crippen LogP contribution in [0.4, 0.5) is 4.79 Å². The number of nitrogens with one attached hydrogen (secondary N) is 2. The smallest absolute Gasteiger partial charge is 0.355 e. The van der Waals surface area contributed by atoms with Crippen LogP contribution in [0.15, 0.2) is 17.5 Å². The van der Waals surface area contributed by atoms with E-state index in [1.54, 1.807) is 13.0 Å². The van der Waals surface area contributed by atoms with Crippen LogP contribution in [0.1, 0.15) is 33.3 Å². The van der Waals surface area contributed by atoms with Gasteiger partial charge < -0.3 is 15.7 Å². The van der Waals surface area contributed by atoms with Crippen molar-refractivity contribution in [3.8, 4) is 0 Å². The number of urea groups is 1. The molecule has 2 amide bonds. The van der Waals surface area contributed by atoms with Crippen molar-refractivity contribution in [2.45, 2.75) is 19.5 Å². The highest BCUT2D eigenvalue weighted by molar-refractivity contribution is 7.16. The van der Waals surface area contributed by atoms with Gasteiger partial charge in [-0.25, -0.2) is 14.6 Å². The number of thiazole rings is 1. The van der Waals surface area contributed by atoms with E-state index in [1.807, 2.05) is 6.07 Å². The topological polar surface area (TPSA) is 91.3 Å². The maximum atomic E-state index is 11.8. The van der Waals surface area contributed by atoms with Crippen LogP contribution in [0, 0.1) is 0 Å². The minimum absolute atomic E-state index is 0.0164. The second kappa shape index (κ2) is 6.88. The highest BCUT2D eigenvalue weighted by Crippen LogP contribution is 2.21. The Morgan fingerprint density at radius 2 is 2.24 bits per heavy atom. The van der Waals surface area contributed by atoms with Gasteiger partial charge in [0.2, 0.25) is 0 Å². The lowest BCUT2D eigenvalue weighted by molar-refractivity contribution is 0.0691. The third kappa shape index (κ3) is 4.42. The van der Waals surface area contributed by atoms with Gasteiger partial charge in [0, 0.05) is 10.3 Å². The molecule has 2 aromatic rings. The molecular formula is C12H12ClN3O3S2. The zero-order chi connectivity index (χ0) is 15.4. The molecule has 0 bridgehead atoms. The molecule has 2 heterocycles. The molecule has 21 heavy (non-hydrogen) atoms. The fraction of sp³-hybridized carbons (Fsp3) is 0.250. The number of nitrogens with zero attached hydrogens (tertiary/aromatic N) is 1. The highest BCUT2D eigenvalue weighted by atomic mass is 35.5. The molecule has 2 aromatic heterocycles. The number of aromatic nitrogens is 1. The summed E-state index contributed by atoms with van der Waals surface area (Å²) in [6, 6.07) is 2.90. The van der Waals surface area contributed by atoms with Crippen molar-refractivity contribution in [2.75, 3.05) is 0 Å². The summed E-state index contributed by atoms with van der Waals surface area (Å²) in [6.07, 6.45) is 0. The van der Waals surface area contributed by atoms with Gasteiger partial charge in [0.05, 0.1) is 16.9 Å². The van der Waals surface area contributed by atoms with Crippen molar-refractivity contribution in [1.82, 2.24) is 15.6 Å². The van der Waals surface area contributed by atoms with E-state index in [0.717, 1.165) is 4.88 Å². The monoisotopic (exact) mass is 345 g/mol. The van der Waals surface area contributed by atoms with Crippen LogP contribution in [0.2, 0.25) is 4.34 Å². The van der Waals surface area contributed by atoms with Gasteiger partial charge in [0.1, 0.15) is 5.01 Å². The third-order valence-electron chi connectivity index (χ3n) is 2.51. The average Bonchev–Trinajstić information content (AvgIpc) is 3.05. The van der Waals surface area contributed by atoms with Gasteiger partial charge in [-0.3, -0.25) is 0 Å². The van der Waals surface area contributed by atoms with Crippen LogP contribution in [0.3, 0.4) is 0 Å². The minimum atomic E-state index is -1.08. The van der Waals surface area contributed by atoms with Gasteiger partial charge in [-0.1, -0.05) is 11.6 Å². The number of carboxylic acid groups (broad SMARTS) is 1. The molecule has 0 saturated carbocycles. The van der Waals surface area contributed by atoms with Gasteiger partial charge in [0.25, 0.3) is 0 Å². The Balaban J connectivity index is 1.85.